The molecule has 3 fully saturated rings. The molecule has 1 aromatic carbocycles. The molecule has 0 bridgehead atoms. The summed E-state index contributed by atoms with van der Waals surface area (Å²) in [5.41, 5.74) is 3.16. The van der Waals surface area contributed by atoms with Crippen molar-refractivity contribution in [1.82, 2.24) is 25.7 Å². The molecule has 0 aliphatic carbocycles. The molecule has 3 amide bonds. The highest BCUT2D eigenvalue weighted by molar-refractivity contribution is 6.05. The fourth-order valence-corrected chi connectivity index (χ4v) is 5.25. The quantitative estimate of drug-likeness (QED) is 0.473. The molecule has 6 rings (SSSR count). The summed E-state index contributed by atoms with van der Waals surface area (Å²) in [6.07, 6.45) is 1.77. The second-order valence-electron chi connectivity index (χ2n) is 9.57. The fraction of sp³-hybridized carbons (Fsp3) is 0.400. The van der Waals surface area contributed by atoms with Gasteiger partial charge in [-0.2, -0.15) is 0 Å². The van der Waals surface area contributed by atoms with Gasteiger partial charge in [0.2, 0.25) is 11.8 Å². The Morgan fingerprint density at radius 2 is 1.91 bits per heavy atom. The number of imide groups is 1. The largest absolute Gasteiger partial charge is 0.354 e. The maximum atomic E-state index is 12.8. The number of nitrogens with zero attached hydrogens (tertiary/aromatic N) is 4. The van der Waals surface area contributed by atoms with Crippen molar-refractivity contribution in [2.24, 2.45) is 5.41 Å². The third-order valence-corrected chi connectivity index (χ3v) is 7.27. The van der Waals surface area contributed by atoms with E-state index in [0.29, 0.717) is 29.6 Å². The number of nitrogens with one attached hydrogen (secondary N) is 2. The highest BCUT2D eigenvalue weighted by Gasteiger charge is 2.43. The number of piperidine rings is 1. The van der Waals surface area contributed by atoms with Gasteiger partial charge in [-0.25, -0.2) is 0 Å². The lowest BCUT2D eigenvalue weighted by atomic mass is 9.81. The summed E-state index contributed by atoms with van der Waals surface area (Å²) in [7, 11) is 0. The third kappa shape index (κ3) is 4.24. The molecule has 0 radical (unpaired) electrons. The van der Waals surface area contributed by atoms with Gasteiger partial charge in [0, 0.05) is 55.7 Å². The van der Waals surface area contributed by atoms with Gasteiger partial charge >= 0.3 is 0 Å². The molecule has 4 aliphatic rings. The molecule has 4 aliphatic heterocycles. The van der Waals surface area contributed by atoms with Crippen LogP contribution in [0.4, 0.5) is 5.82 Å². The molecule has 1 atom stereocenters. The molecule has 10 heteroatoms. The minimum atomic E-state index is -0.619. The van der Waals surface area contributed by atoms with Crippen molar-refractivity contribution in [3.05, 3.63) is 52.7 Å². The Morgan fingerprint density at radius 3 is 2.60 bits per heavy atom. The molecule has 3 saturated heterocycles. The molecule has 1 spiro atoms. The molecule has 1 unspecified atom stereocenters. The van der Waals surface area contributed by atoms with Crippen LogP contribution in [-0.4, -0.2) is 65.0 Å². The first-order valence-corrected chi connectivity index (χ1v) is 11.6. The van der Waals surface area contributed by atoms with E-state index in [4.69, 9.17) is 0 Å². The van der Waals surface area contributed by atoms with Crippen molar-refractivity contribution in [1.29, 1.82) is 0 Å². The second kappa shape index (κ2) is 8.95. The number of hydrogen-bond donors (Lipinski definition) is 2. The number of fused-ring (bicyclic) bond motifs is 1. The van der Waals surface area contributed by atoms with Crippen LogP contribution in [0.1, 0.15) is 46.4 Å². The van der Waals surface area contributed by atoms with Crippen LogP contribution in [0.5, 0.6) is 0 Å². The predicted molar refractivity (Wildman–Crippen MR) is 130 cm³/mol. The molecule has 1 aromatic heterocycles. The number of benzene rings is 1. The number of aromatic nitrogens is 2. The zero-order chi connectivity index (χ0) is 23.3. The lowest BCUT2D eigenvalue weighted by Gasteiger charge is -2.39. The minimum Gasteiger partial charge on any atom is -0.354 e. The van der Waals surface area contributed by atoms with Gasteiger partial charge in [0.25, 0.3) is 5.91 Å². The van der Waals surface area contributed by atoms with Crippen LogP contribution in [0.15, 0.2) is 30.3 Å². The second-order valence-corrected chi connectivity index (χ2v) is 9.57. The van der Waals surface area contributed by atoms with E-state index in [0.717, 1.165) is 43.1 Å². The molecular formula is C25H25ClN6O3. The lowest BCUT2D eigenvalue weighted by Crippen LogP contribution is -2.54. The van der Waals surface area contributed by atoms with E-state index < -0.39 is 11.9 Å². The smallest absolute Gasteiger partial charge is 0.255 e. The Labute approximate surface area is 209 Å². The number of amides is 3. The van der Waals surface area contributed by atoms with Gasteiger partial charge in [-0.05, 0) is 54.7 Å². The molecule has 9 nitrogen and oxygen atoms in total. The normalized spacial score (nSPS) is 22.2. The molecule has 2 N–H and O–H groups in total. The van der Waals surface area contributed by atoms with Crippen LogP contribution in [-0.2, 0) is 16.1 Å². The van der Waals surface area contributed by atoms with E-state index in [2.05, 4.69) is 37.6 Å². The summed E-state index contributed by atoms with van der Waals surface area (Å²) < 4.78 is 0. The van der Waals surface area contributed by atoms with Gasteiger partial charge in [0.1, 0.15) is 11.7 Å². The van der Waals surface area contributed by atoms with Gasteiger partial charge in [0.05, 0.1) is 0 Å². The Hall–Kier alpha value is -3.48. The van der Waals surface area contributed by atoms with Crippen LogP contribution in [0, 0.1) is 17.3 Å². The number of hydrogen-bond acceptors (Lipinski definition) is 7. The van der Waals surface area contributed by atoms with Crippen LogP contribution < -0.4 is 15.5 Å². The summed E-state index contributed by atoms with van der Waals surface area (Å²) in [4.78, 5) is 40.3. The average molecular weight is 493 g/mol. The molecule has 2 aromatic rings. The van der Waals surface area contributed by atoms with Crippen molar-refractivity contribution < 1.29 is 14.4 Å². The van der Waals surface area contributed by atoms with Crippen molar-refractivity contribution in [3.8, 4) is 11.8 Å². The Morgan fingerprint density at radius 1 is 1.06 bits per heavy atom. The van der Waals surface area contributed by atoms with Gasteiger partial charge in [0.15, 0.2) is 5.82 Å². The Bertz CT molecular complexity index is 1260. The molecule has 180 valence electrons. The average Bonchev–Trinajstić information content (AvgIpc) is 3.41. The Balaban J connectivity index is 0.00000253. The van der Waals surface area contributed by atoms with Crippen LogP contribution in [0.3, 0.4) is 0 Å². The first-order chi connectivity index (χ1) is 16.5. The minimum absolute atomic E-state index is 0. The summed E-state index contributed by atoms with van der Waals surface area (Å²) in [5, 5.41) is 14.4. The standard InChI is InChI=1S/C25H24N6O3.ClH/c32-22-8-6-20(23(33)27-22)31-12-17-11-16(2-5-19(17)24(31)34)1-3-18-4-7-21(29-28-18)30-10-9-25(15-30)13-26-14-25;/h2,4-5,7,11,20,26H,6,8-10,12-15H2,(H,27,32,33);1H. The van der Waals surface area contributed by atoms with E-state index in [1.165, 1.54) is 11.3 Å². The maximum absolute atomic E-state index is 12.8. The first-order valence-electron chi connectivity index (χ1n) is 11.6. The van der Waals surface area contributed by atoms with Gasteiger partial charge < -0.3 is 15.1 Å². The summed E-state index contributed by atoms with van der Waals surface area (Å²) in [5.74, 6) is 6.16. The van der Waals surface area contributed by atoms with E-state index in [9.17, 15) is 14.4 Å². The number of rotatable bonds is 2. The lowest BCUT2D eigenvalue weighted by molar-refractivity contribution is -0.136. The molecule has 0 saturated carbocycles. The Kier molecular flexibility index (Phi) is 5.95. The SMILES string of the molecule is Cl.O=C1CCC(N2Cc3cc(C#Cc4ccc(N5CCC6(CNC6)C5)nn4)ccc3C2=O)C(=O)N1. The monoisotopic (exact) mass is 492 g/mol. The third-order valence-electron chi connectivity index (χ3n) is 7.27. The number of carbonyl (C=O) groups excluding carboxylic acids is 3. The van der Waals surface area contributed by atoms with Crippen molar-refractivity contribution in [3.63, 3.8) is 0 Å². The zero-order valence-corrected chi connectivity index (χ0v) is 19.9. The summed E-state index contributed by atoms with van der Waals surface area (Å²) in [6, 6.07) is 8.68. The summed E-state index contributed by atoms with van der Waals surface area (Å²) in [6.45, 7) is 4.52. The highest BCUT2D eigenvalue weighted by Crippen LogP contribution is 2.35. The summed E-state index contributed by atoms with van der Waals surface area (Å²) >= 11 is 0. The zero-order valence-electron chi connectivity index (χ0n) is 19.0. The van der Waals surface area contributed by atoms with Crippen molar-refractivity contribution >= 4 is 35.9 Å². The van der Waals surface area contributed by atoms with E-state index in [-0.39, 0.29) is 30.6 Å². The van der Waals surface area contributed by atoms with Crippen molar-refractivity contribution in [2.75, 3.05) is 31.1 Å². The van der Waals surface area contributed by atoms with Crippen LogP contribution in [0.2, 0.25) is 0 Å². The number of halogens is 1. The van der Waals surface area contributed by atoms with Crippen molar-refractivity contribution in [2.45, 2.75) is 31.8 Å². The molecule has 5 heterocycles. The fourth-order valence-electron chi connectivity index (χ4n) is 5.25. The highest BCUT2D eigenvalue weighted by atomic mass is 35.5. The maximum Gasteiger partial charge on any atom is 0.255 e. The molecular weight excluding hydrogens is 468 g/mol. The van der Waals surface area contributed by atoms with Gasteiger partial charge in [-0.1, -0.05) is 5.92 Å². The predicted octanol–water partition coefficient (Wildman–Crippen LogP) is 0.859. The van der Waals surface area contributed by atoms with E-state index in [1.807, 2.05) is 18.2 Å². The molecule has 35 heavy (non-hydrogen) atoms. The first kappa shape index (κ1) is 23.3. The topological polar surface area (TPSA) is 108 Å². The van der Waals surface area contributed by atoms with Crippen LogP contribution in [0.25, 0.3) is 0 Å². The van der Waals surface area contributed by atoms with Gasteiger partial charge in [-0.3, -0.25) is 19.7 Å². The van der Waals surface area contributed by atoms with Crippen LogP contribution >= 0.6 is 12.4 Å². The number of carbonyl (C=O) groups is 3. The van der Waals surface area contributed by atoms with E-state index in [1.54, 1.807) is 12.1 Å². The number of anilines is 1. The van der Waals surface area contributed by atoms with Gasteiger partial charge in [-0.15, -0.1) is 22.6 Å². The van der Waals surface area contributed by atoms with E-state index >= 15 is 0 Å².